The quantitative estimate of drug-likeness (QED) is 0.641. The maximum atomic E-state index is 12.7. The number of aromatic nitrogens is 2. The Labute approximate surface area is 157 Å². The zero-order valence-corrected chi connectivity index (χ0v) is 15.2. The molecular formula is C20H20ClN3O2. The van der Waals surface area contributed by atoms with Crippen molar-refractivity contribution in [1.29, 1.82) is 0 Å². The molecule has 2 aromatic carbocycles. The van der Waals surface area contributed by atoms with Crippen LogP contribution in [0.5, 0.6) is 0 Å². The van der Waals surface area contributed by atoms with E-state index in [9.17, 15) is 4.79 Å². The van der Waals surface area contributed by atoms with Crippen LogP contribution in [-0.2, 0) is 4.74 Å². The van der Waals surface area contributed by atoms with Crippen LogP contribution in [0.2, 0.25) is 5.02 Å². The van der Waals surface area contributed by atoms with E-state index in [-0.39, 0.29) is 5.91 Å². The highest BCUT2D eigenvalue weighted by atomic mass is 35.5. The second kappa shape index (κ2) is 8.65. The number of nitrogens with zero attached hydrogens (tertiary/aromatic N) is 2. The van der Waals surface area contributed by atoms with Crippen LogP contribution >= 0.6 is 11.6 Å². The molecule has 1 amide bonds. The molecule has 0 saturated heterocycles. The van der Waals surface area contributed by atoms with Crippen LogP contribution in [0.1, 0.15) is 16.8 Å². The fourth-order valence-electron chi connectivity index (χ4n) is 2.59. The monoisotopic (exact) mass is 369 g/mol. The Morgan fingerprint density at radius 2 is 1.88 bits per heavy atom. The molecule has 1 aromatic heterocycles. The lowest BCUT2D eigenvalue weighted by Gasteiger charge is -2.05. The van der Waals surface area contributed by atoms with Crippen molar-refractivity contribution in [2.24, 2.45) is 0 Å². The number of amides is 1. The van der Waals surface area contributed by atoms with Gasteiger partial charge in [-0.15, -0.1) is 0 Å². The average Bonchev–Trinajstić information content (AvgIpc) is 3.12. The van der Waals surface area contributed by atoms with Crippen LogP contribution in [0.3, 0.4) is 0 Å². The Bertz CT molecular complexity index is 861. The van der Waals surface area contributed by atoms with Crippen molar-refractivity contribution in [3.63, 3.8) is 0 Å². The molecule has 5 nitrogen and oxygen atoms in total. The minimum absolute atomic E-state index is 0.159. The summed E-state index contributed by atoms with van der Waals surface area (Å²) >= 11 is 5.98. The molecule has 0 spiro atoms. The van der Waals surface area contributed by atoms with Crippen LogP contribution in [0.25, 0.3) is 16.9 Å². The smallest absolute Gasteiger partial charge is 0.255 e. The van der Waals surface area contributed by atoms with Crippen LogP contribution in [0.15, 0.2) is 60.8 Å². The van der Waals surface area contributed by atoms with Gasteiger partial charge in [-0.1, -0.05) is 41.9 Å². The zero-order chi connectivity index (χ0) is 18.4. The van der Waals surface area contributed by atoms with E-state index in [0.29, 0.717) is 29.4 Å². The number of ether oxygens (including phenoxy) is 1. The van der Waals surface area contributed by atoms with Crippen molar-refractivity contribution in [1.82, 2.24) is 15.1 Å². The number of hydrogen-bond acceptors (Lipinski definition) is 3. The number of hydrogen-bond donors (Lipinski definition) is 1. The van der Waals surface area contributed by atoms with Crippen LogP contribution < -0.4 is 5.32 Å². The molecule has 0 aliphatic carbocycles. The van der Waals surface area contributed by atoms with E-state index in [1.807, 2.05) is 42.5 Å². The van der Waals surface area contributed by atoms with Crippen LogP contribution in [0, 0.1) is 0 Å². The van der Waals surface area contributed by atoms with Crippen molar-refractivity contribution in [3.8, 4) is 16.9 Å². The normalized spacial score (nSPS) is 10.7. The van der Waals surface area contributed by atoms with Crippen LogP contribution in [-0.4, -0.2) is 35.9 Å². The van der Waals surface area contributed by atoms with E-state index >= 15 is 0 Å². The Kier molecular flexibility index (Phi) is 6.04. The zero-order valence-electron chi connectivity index (χ0n) is 14.5. The molecule has 0 aliphatic heterocycles. The van der Waals surface area contributed by atoms with Gasteiger partial charge in [-0.25, -0.2) is 4.68 Å². The molecule has 0 bridgehead atoms. The third-order valence-electron chi connectivity index (χ3n) is 3.91. The lowest BCUT2D eigenvalue weighted by molar-refractivity contribution is 0.0949. The number of rotatable bonds is 7. The number of halogens is 1. The molecule has 26 heavy (non-hydrogen) atoms. The molecule has 0 atom stereocenters. The summed E-state index contributed by atoms with van der Waals surface area (Å²) in [6.07, 6.45) is 2.51. The minimum atomic E-state index is -0.159. The Morgan fingerprint density at radius 3 is 2.58 bits per heavy atom. The summed E-state index contributed by atoms with van der Waals surface area (Å²) in [5.41, 5.74) is 2.87. The van der Waals surface area contributed by atoms with Gasteiger partial charge in [-0.2, -0.15) is 5.10 Å². The summed E-state index contributed by atoms with van der Waals surface area (Å²) in [5, 5.41) is 8.20. The highest BCUT2D eigenvalue weighted by molar-refractivity contribution is 6.30. The molecule has 0 aliphatic rings. The third kappa shape index (κ3) is 4.31. The maximum absolute atomic E-state index is 12.7. The molecule has 6 heteroatoms. The number of carbonyl (C=O) groups is 1. The fourth-order valence-corrected chi connectivity index (χ4v) is 2.71. The molecule has 3 rings (SSSR count). The highest BCUT2D eigenvalue weighted by Crippen LogP contribution is 2.25. The standard InChI is InChI=1S/C20H20ClN3O2/c1-26-13-5-12-22-20(25)18-14-24(17-6-3-2-4-7-17)23-19(18)15-8-10-16(21)11-9-15/h2-4,6-11,14H,5,12-13H2,1H3,(H,22,25). The highest BCUT2D eigenvalue weighted by Gasteiger charge is 2.18. The summed E-state index contributed by atoms with van der Waals surface area (Å²) in [6.45, 7) is 1.15. The Balaban J connectivity index is 1.93. The van der Waals surface area contributed by atoms with Gasteiger partial charge >= 0.3 is 0 Å². The molecule has 1 N–H and O–H groups in total. The molecule has 1 heterocycles. The number of carbonyl (C=O) groups excluding carboxylic acids is 1. The molecule has 134 valence electrons. The molecule has 0 saturated carbocycles. The minimum Gasteiger partial charge on any atom is -0.385 e. The molecular weight excluding hydrogens is 350 g/mol. The van der Waals surface area contributed by atoms with Crippen molar-refractivity contribution in [2.45, 2.75) is 6.42 Å². The molecule has 3 aromatic rings. The summed E-state index contributed by atoms with van der Waals surface area (Å²) in [7, 11) is 1.64. The van der Waals surface area contributed by atoms with Gasteiger partial charge in [0.05, 0.1) is 11.3 Å². The van der Waals surface area contributed by atoms with Crippen LogP contribution in [0.4, 0.5) is 0 Å². The van der Waals surface area contributed by atoms with Gasteiger partial charge in [0.25, 0.3) is 5.91 Å². The second-order valence-corrected chi connectivity index (χ2v) is 6.22. The first-order valence-electron chi connectivity index (χ1n) is 8.37. The van der Waals surface area contributed by atoms with Gasteiger partial charge in [0, 0.05) is 37.0 Å². The maximum Gasteiger partial charge on any atom is 0.255 e. The summed E-state index contributed by atoms with van der Waals surface area (Å²) in [5.74, 6) is -0.159. The van der Waals surface area contributed by atoms with E-state index in [1.54, 1.807) is 30.1 Å². The topological polar surface area (TPSA) is 56.1 Å². The van der Waals surface area contributed by atoms with E-state index in [0.717, 1.165) is 17.7 Å². The SMILES string of the molecule is COCCCNC(=O)c1cn(-c2ccccc2)nc1-c1ccc(Cl)cc1. The summed E-state index contributed by atoms with van der Waals surface area (Å²) in [6, 6.07) is 17.0. The molecule has 0 fully saturated rings. The first-order valence-corrected chi connectivity index (χ1v) is 8.75. The van der Waals surface area contributed by atoms with Gasteiger partial charge in [0.2, 0.25) is 0 Å². The van der Waals surface area contributed by atoms with E-state index in [4.69, 9.17) is 16.3 Å². The second-order valence-electron chi connectivity index (χ2n) is 5.78. The van der Waals surface area contributed by atoms with Crippen molar-refractivity contribution >= 4 is 17.5 Å². The van der Waals surface area contributed by atoms with Crippen molar-refractivity contribution < 1.29 is 9.53 Å². The van der Waals surface area contributed by atoms with E-state index < -0.39 is 0 Å². The first-order chi connectivity index (χ1) is 12.7. The predicted octanol–water partition coefficient (Wildman–Crippen LogP) is 3.96. The third-order valence-corrected chi connectivity index (χ3v) is 4.16. The van der Waals surface area contributed by atoms with Gasteiger partial charge in [0.1, 0.15) is 5.69 Å². The first kappa shape index (κ1) is 18.2. The lowest BCUT2D eigenvalue weighted by Crippen LogP contribution is -2.25. The predicted molar refractivity (Wildman–Crippen MR) is 103 cm³/mol. The molecule has 0 unspecified atom stereocenters. The Hall–Kier alpha value is -2.63. The van der Waals surface area contributed by atoms with E-state index in [1.165, 1.54) is 0 Å². The number of methoxy groups -OCH3 is 1. The average molecular weight is 370 g/mol. The number of para-hydroxylation sites is 1. The van der Waals surface area contributed by atoms with Crippen molar-refractivity contribution in [2.75, 3.05) is 20.3 Å². The number of nitrogens with one attached hydrogen (secondary N) is 1. The molecule has 0 radical (unpaired) electrons. The van der Waals surface area contributed by atoms with Gasteiger partial charge in [0.15, 0.2) is 0 Å². The number of benzene rings is 2. The lowest BCUT2D eigenvalue weighted by atomic mass is 10.1. The van der Waals surface area contributed by atoms with Gasteiger partial charge in [-0.3, -0.25) is 4.79 Å². The summed E-state index contributed by atoms with van der Waals surface area (Å²) < 4.78 is 6.73. The largest absolute Gasteiger partial charge is 0.385 e. The Morgan fingerprint density at radius 1 is 1.15 bits per heavy atom. The van der Waals surface area contributed by atoms with Gasteiger partial charge < -0.3 is 10.1 Å². The fraction of sp³-hybridized carbons (Fsp3) is 0.200. The van der Waals surface area contributed by atoms with Gasteiger partial charge in [-0.05, 0) is 30.7 Å². The summed E-state index contributed by atoms with van der Waals surface area (Å²) in [4.78, 5) is 12.7. The van der Waals surface area contributed by atoms with E-state index in [2.05, 4.69) is 10.4 Å². The van der Waals surface area contributed by atoms with Crippen molar-refractivity contribution in [3.05, 3.63) is 71.4 Å².